The molecule has 0 aromatic heterocycles. The van der Waals surface area contributed by atoms with Crippen molar-refractivity contribution in [3.8, 4) is 0 Å². The van der Waals surface area contributed by atoms with Gasteiger partial charge in [0, 0.05) is 25.6 Å². The van der Waals surface area contributed by atoms with Gasteiger partial charge in [0.15, 0.2) is 5.78 Å². The molecule has 0 saturated heterocycles. The van der Waals surface area contributed by atoms with E-state index in [1.54, 1.807) is 19.1 Å². The summed E-state index contributed by atoms with van der Waals surface area (Å²) in [4.78, 5) is 11.7. The zero-order valence-corrected chi connectivity index (χ0v) is 11.4. The van der Waals surface area contributed by atoms with E-state index in [1.165, 1.54) is 29.6 Å². The smallest absolute Gasteiger partial charge is 0.243 e. The second-order valence-corrected chi connectivity index (χ2v) is 5.92. The van der Waals surface area contributed by atoms with E-state index in [2.05, 4.69) is 6.58 Å². The minimum absolute atomic E-state index is 0.0709. The lowest BCUT2D eigenvalue weighted by molar-refractivity contribution is 0.0988. The van der Waals surface area contributed by atoms with Gasteiger partial charge in [-0.2, -0.15) is 4.31 Å². The van der Waals surface area contributed by atoms with Gasteiger partial charge in [0.1, 0.15) is 0 Å². The molecule has 0 bridgehead atoms. The summed E-state index contributed by atoms with van der Waals surface area (Å²) in [5.74, 6) is -0.0709. The first-order valence-electron chi connectivity index (χ1n) is 5.64. The van der Waals surface area contributed by atoms with Crippen molar-refractivity contribution in [1.29, 1.82) is 0 Å². The quantitative estimate of drug-likeness (QED) is 0.586. The standard InChI is InChI=1S/C13H17NO3S/c1-4-9-14(3)18(16,17)12-8-6-7-11(10-12)13(15)5-2/h4,6-8,10H,1,5,9H2,2-3H3. The molecule has 18 heavy (non-hydrogen) atoms. The maximum atomic E-state index is 12.2. The van der Waals surface area contributed by atoms with E-state index in [9.17, 15) is 13.2 Å². The van der Waals surface area contributed by atoms with E-state index in [-0.39, 0.29) is 17.2 Å². The van der Waals surface area contributed by atoms with Crippen LogP contribution in [0.2, 0.25) is 0 Å². The van der Waals surface area contributed by atoms with Gasteiger partial charge in [-0.25, -0.2) is 8.42 Å². The lowest BCUT2D eigenvalue weighted by atomic mass is 10.1. The van der Waals surface area contributed by atoms with E-state index >= 15 is 0 Å². The summed E-state index contributed by atoms with van der Waals surface area (Å²) in [5, 5.41) is 0. The average molecular weight is 267 g/mol. The number of sulfonamides is 1. The first-order chi connectivity index (χ1) is 8.43. The fourth-order valence-corrected chi connectivity index (χ4v) is 2.68. The number of rotatable bonds is 6. The van der Waals surface area contributed by atoms with E-state index < -0.39 is 10.0 Å². The fourth-order valence-electron chi connectivity index (χ4n) is 1.49. The first kappa shape index (κ1) is 14.6. The Labute approximate surface area is 108 Å². The SMILES string of the molecule is C=CCN(C)S(=O)(=O)c1cccc(C(=O)CC)c1. The predicted octanol–water partition coefficient (Wildman–Crippen LogP) is 2.09. The Morgan fingerprint density at radius 3 is 2.67 bits per heavy atom. The number of nitrogens with zero attached hydrogens (tertiary/aromatic N) is 1. The lowest BCUT2D eigenvalue weighted by Crippen LogP contribution is -2.27. The van der Waals surface area contributed by atoms with Crippen molar-refractivity contribution in [2.75, 3.05) is 13.6 Å². The number of ketones is 1. The second kappa shape index (κ2) is 5.93. The molecule has 0 aliphatic rings. The molecule has 0 saturated carbocycles. The van der Waals surface area contributed by atoms with Gasteiger partial charge >= 0.3 is 0 Å². The van der Waals surface area contributed by atoms with Crippen molar-refractivity contribution in [3.05, 3.63) is 42.5 Å². The van der Waals surface area contributed by atoms with Crippen LogP contribution >= 0.6 is 0 Å². The number of carbonyl (C=O) groups excluding carboxylic acids is 1. The molecule has 0 N–H and O–H groups in total. The molecule has 0 radical (unpaired) electrons. The molecule has 1 rings (SSSR count). The molecular weight excluding hydrogens is 250 g/mol. The molecule has 0 unspecified atom stereocenters. The zero-order chi connectivity index (χ0) is 13.8. The molecule has 5 heteroatoms. The maximum Gasteiger partial charge on any atom is 0.243 e. The minimum atomic E-state index is -3.56. The Morgan fingerprint density at radius 2 is 2.11 bits per heavy atom. The third-order valence-electron chi connectivity index (χ3n) is 2.57. The Kier molecular flexibility index (Phi) is 4.81. The average Bonchev–Trinajstić information content (AvgIpc) is 2.38. The lowest BCUT2D eigenvalue weighted by Gasteiger charge is -2.15. The van der Waals surface area contributed by atoms with Crippen molar-refractivity contribution in [2.24, 2.45) is 0 Å². The highest BCUT2D eigenvalue weighted by molar-refractivity contribution is 7.89. The molecular formula is C13H17NO3S. The van der Waals surface area contributed by atoms with E-state index in [0.29, 0.717) is 12.0 Å². The number of carbonyl (C=O) groups is 1. The van der Waals surface area contributed by atoms with Crippen molar-refractivity contribution >= 4 is 15.8 Å². The summed E-state index contributed by atoms with van der Waals surface area (Å²) in [5.41, 5.74) is 0.422. The molecule has 1 aromatic rings. The van der Waals surface area contributed by atoms with Crippen molar-refractivity contribution in [2.45, 2.75) is 18.2 Å². The van der Waals surface area contributed by atoms with Crippen LogP contribution in [0.5, 0.6) is 0 Å². The van der Waals surface area contributed by atoms with Crippen LogP contribution in [0.15, 0.2) is 41.8 Å². The molecule has 0 heterocycles. The molecule has 0 atom stereocenters. The minimum Gasteiger partial charge on any atom is -0.294 e. The number of hydrogen-bond donors (Lipinski definition) is 0. The van der Waals surface area contributed by atoms with Gasteiger partial charge in [-0.1, -0.05) is 25.1 Å². The Bertz CT molecular complexity index is 549. The number of benzene rings is 1. The number of likely N-dealkylation sites (N-methyl/N-ethyl adjacent to an activating group) is 1. The predicted molar refractivity (Wildman–Crippen MR) is 71.1 cm³/mol. The second-order valence-electron chi connectivity index (χ2n) is 3.88. The van der Waals surface area contributed by atoms with Gasteiger partial charge in [-0.05, 0) is 12.1 Å². The molecule has 0 spiro atoms. The van der Waals surface area contributed by atoms with E-state index in [4.69, 9.17) is 0 Å². The summed E-state index contributed by atoms with van der Waals surface area (Å²) in [6.07, 6.45) is 1.87. The Balaban J connectivity index is 3.17. The van der Waals surface area contributed by atoms with Crippen LogP contribution in [0.4, 0.5) is 0 Å². The van der Waals surface area contributed by atoms with Crippen LogP contribution in [0.25, 0.3) is 0 Å². The van der Waals surface area contributed by atoms with Crippen LogP contribution < -0.4 is 0 Å². The van der Waals surface area contributed by atoms with E-state index in [0.717, 1.165) is 0 Å². The molecule has 0 aliphatic carbocycles. The van der Waals surface area contributed by atoms with Gasteiger partial charge in [-0.15, -0.1) is 6.58 Å². The van der Waals surface area contributed by atoms with Crippen LogP contribution in [-0.2, 0) is 10.0 Å². The summed E-state index contributed by atoms with van der Waals surface area (Å²) in [6, 6.07) is 6.11. The van der Waals surface area contributed by atoms with Gasteiger partial charge < -0.3 is 0 Å². The van der Waals surface area contributed by atoms with Gasteiger partial charge in [0.05, 0.1) is 4.90 Å². The van der Waals surface area contributed by atoms with Gasteiger partial charge in [-0.3, -0.25) is 4.79 Å². The monoisotopic (exact) mass is 267 g/mol. The third kappa shape index (κ3) is 3.05. The first-order valence-corrected chi connectivity index (χ1v) is 7.08. The maximum absolute atomic E-state index is 12.2. The van der Waals surface area contributed by atoms with Crippen LogP contribution in [0.3, 0.4) is 0 Å². The molecule has 0 fully saturated rings. The molecule has 98 valence electrons. The molecule has 4 nitrogen and oxygen atoms in total. The normalized spacial score (nSPS) is 11.5. The fraction of sp³-hybridized carbons (Fsp3) is 0.308. The highest BCUT2D eigenvalue weighted by Gasteiger charge is 2.20. The van der Waals surface area contributed by atoms with Crippen LogP contribution in [0, 0.1) is 0 Å². The highest BCUT2D eigenvalue weighted by Crippen LogP contribution is 2.16. The largest absolute Gasteiger partial charge is 0.294 e. The topological polar surface area (TPSA) is 54.5 Å². The summed E-state index contributed by atoms with van der Waals surface area (Å²) in [6.45, 7) is 5.48. The summed E-state index contributed by atoms with van der Waals surface area (Å²) in [7, 11) is -2.08. The van der Waals surface area contributed by atoms with Crippen molar-refractivity contribution in [3.63, 3.8) is 0 Å². The summed E-state index contributed by atoms with van der Waals surface area (Å²) >= 11 is 0. The molecule has 0 aliphatic heterocycles. The van der Waals surface area contributed by atoms with Gasteiger partial charge in [0.25, 0.3) is 0 Å². The molecule has 0 amide bonds. The number of hydrogen-bond acceptors (Lipinski definition) is 3. The van der Waals surface area contributed by atoms with Crippen molar-refractivity contribution in [1.82, 2.24) is 4.31 Å². The van der Waals surface area contributed by atoms with Gasteiger partial charge in [0.2, 0.25) is 10.0 Å². The van der Waals surface area contributed by atoms with Crippen molar-refractivity contribution < 1.29 is 13.2 Å². The van der Waals surface area contributed by atoms with Crippen LogP contribution in [-0.4, -0.2) is 32.1 Å². The molecule has 1 aromatic carbocycles. The Hall–Kier alpha value is -1.46. The summed E-state index contributed by atoms with van der Waals surface area (Å²) < 4.78 is 25.5. The Morgan fingerprint density at radius 1 is 1.44 bits per heavy atom. The zero-order valence-electron chi connectivity index (χ0n) is 10.6. The highest BCUT2D eigenvalue weighted by atomic mass is 32.2. The number of Topliss-reactive ketones (excluding diaryl/α,β-unsaturated/α-hetero) is 1. The van der Waals surface area contributed by atoms with Crippen LogP contribution in [0.1, 0.15) is 23.7 Å². The third-order valence-corrected chi connectivity index (χ3v) is 4.39. The van der Waals surface area contributed by atoms with E-state index in [1.807, 2.05) is 0 Å².